The van der Waals surface area contributed by atoms with Crippen LogP contribution in [0.5, 0.6) is 0 Å². The molecule has 1 amide bonds. The first-order chi connectivity index (χ1) is 7.37. The Morgan fingerprint density at radius 2 is 2.06 bits per heavy atom. The van der Waals surface area contributed by atoms with Gasteiger partial charge in [0, 0.05) is 24.9 Å². The van der Waals surface area contributed by atoms with Gasteiger partial charge in [-0.1, -0.05) is 6.92 Å². The van der Waals surface area contributed by atoms with Gasteiger partial charge in [0.05, 0.1) is 0 Å². The minimum absolute atomic E-state index is 0.0821. The molecule has 0 saturated carbocycles. The molecule has 0 radical (unpaired) electrons. The summed E-state index contributed by atoms with van der Waals surface area (Å²) in [7, 11) is 0. The first kappa shape index (κ1) is 13.0. The minimum atomic E-state index is -0.447. The van der Waals surface area contributed by atoms with Gasteiger partial charge in [-0.2, -0.15) is 0 Å². The largest absolute Gasteiger partial charge is 0.444 e. The van der Waals surface area contributed by atoms with Crippen LogP contribution >= 0.6 is 0 Å². The number of hydrogen-bond donors (Lipinski definition) is 0. The number of carbonyl (C=O) groups is 2. The molecule has 16 heavy (non-hydrogen) atoms. The van der Waals surface area contributed by atoms with Crippen molar-refractivity contribution in [3.05, 3.63) is 0 Å². The lowest BCUT2D eigenvalue weighted by molar-refractivity contribution is -0.115. The van der Waals surface area contributed by atoms with Crippen LogP contribution < -0.4 is 0 Å². The minimum Gasteiger partial charge on any atom is -0.444 e. The Bertz CT molecular complexity index is 264. The van der Waals surface area contributed by atoms with E-state index < -0.39 is 5.60 Å². The second-order valence-corrected chi connectivity index (χ2v) is 5.35. The van der Waals surface area contributed by atoms with E-state index in [1.807, 2.05) is 27.7 Å². The lowest BCUT2D eigenvalue weighted by Crippen LogP contribution is -2.54. The van der Waals surface area contributed by atoms with Crippen molar-refractivity contribution >= 4 is 12.4 Å². The second kappa shape index (κ2) is 4.85. The van der Waals surface area contributed by atoms with Gasteiger partial charge >= 0.3 is 6.09 Å². The van der Waals surface area contributed by atoms with Crippen LogP contribution in [-0.2, 0) is 9.53 Å². The van der Waals surface area contributed by atoms with Crippen molar-refractivity contribution in [2.24, 2.45) is 11.8 Å². The standard InChI is InChI=1S/C12H21NO3/c1-5-9(8-14)10-6-13(7-10)11(15)16-12(2,3)4/h8-10H,5-7H2,1-4H3. The summed E-state index contributed by atoms with van der Waals surface area (Å²) < 4.78 is 5.24. The Hall–Kier alpha value is -1.06. The molecule has 0 aromatic rings. The van der Waals surface area contributed by atoms with Crippen LogP contribution in [0.4, 0.5) is 4.79 Å². The third kappa shape index (κ3) is 3.22. The maximum absolute atomic E-state index is 11.6. The van der Waals surface area contributed by atoms with Gasteiger partial charge in [-0.05, 0) is 27.2 Å². The van der Waals surface area contributed by atoms with Gasteiger partial charge in [0.1, 0.15) is 11.9 Å². The first-order valence-corrected chi connectivity index (χ1v) is 5.80. The van der Waals surface area contributed by atoms with E-state index in [1.54, 1.807) is 4.90 Å². The van der Waals surface area contributed by atoms with Crippen LogP contribution in [0.3, 0.4) is 0 Å². The zero-order valence-corrected chi connectivity index (χ0v) is 10.5. The Morgan fingerprint density at radius 1 is 1.50 bits per heavy atom. The molecular formula is C12H21NO3. The van der Waals surface area contributed by atoms with Gasteiger partial charge in [0.15, 0.2) is 0 Å². The molecule has 1 atom stereocenters. The lowest BCUT2D eigenvalue weighted by atomic mass is 9.85. The summed E-state index contributed by atoms with van der Waals surface area (Å²) in [5, 5.41) is 0. The highest BCUT2D eigenvalue weighted by molar-refractivity contribution is 5.69. The zero-order chi connectivity index (χ0) is 12.3. The van der Waals surface area contributed by atoms with Crippen LogP contribution in [0, 0.1) is 11.8 Å². The number of nitrogens with zero attached hydrogens (tertiary/aromatic N) is 1. The first-order valence-electron chi connectivity index (χ1n) is 5.80. The van der Waals surface area contributed by atoms with Gasteiger partial charge in [-0.3, -0.25) is 0 Å². The molecule has 0 aromatic heterocycles. The number of amides is 1. The smallest absolute Gasteiger partial charge is 0.410 e. The van der Waals surface area contributed by atoms with Gasteiger partial charge in [-0.15, -0.1) is 0 Å². The Labute approximate surface area is 96.9 Å². The summed E-state index contributed by atoms with van der Waals surface area (Å²) in [4.78, 5) is 24.0. The van der Waals surface area contributed by atoms with Crippen molar-refractivity contribution in [3.63, 3.8) is 0 Å². The number of likely N-dealkylation sites (tertiary alicyclic amines) is 1. The van der Waals surface area contributed by atoms with E-state index in [0.717, 1.165) is 12.7 Å². The quantitative estimate of drug-likeness (QED) is 0.693. The van der Waals surface area contributed by atoms with E-state index in [1.165, 1.54) is 0 Å². The molecular weight excluding hydrogens is 206 g/mol. The third-order valence-corrected chi connectivity index (χ3v) is 2.81. The number of carbonyl (C=O) groups excluding carboxylic acids is 2. The SMILES string of the molecule is CCC(C=O)C1CN(C(=O)OC(C)(C)C)C1. The summed E-state index contributed by atoms with van der Waals surface area (Å²) in [5.41, 5.74) is -0.447. The summed E-state index contributed by atoms with van der Waals surface area (Å²) in [6.45, 7) is 8.83. The molecule has 0 spiro atoms. The molecule has 4 heteroatoms. The fraction of sp³-hybridized carbons (Fsp3) is 0.833. The average Bonchev–Trinajstić information content (AvgIpc) is 2.06. The zero-order valence-electron chi connectivity index (χ0n) is 10.5. The third-order valence-electron chi connectivity index (χ3n) is 2.81. The van der Waals surface area contributed by atoms with Crippen LogP contribution in [0.25, 0.3) is 0 Å². The molecule has 0 N–H and O–H groups in total. The van der Waals surface area contributed by atoms with Crippen molar-refractivity contribution < 1.29 is 14.3 Å². The molecule has 92 valence electrons. The number of aldehydes is 1. The molecule has 1 fully saturated rings. The van der Waals surface area contributed by atoms with Crippen molar-refractivity contribution in [2.75, 3.05) is 13.1 Å². The highest BCUT2D eigenvalue weighted by Gasteiger charge is 2.37. The number of hydrogen-bond acceptors (Lipinski definition) is 3. The van der Waals surface area contributed by atoms with E-state index >= 15 is 0 Å². The van der Waals surface area contributed by atoms with E-state index in [2.05, 4.69) is 0 Å². The molecule has 1 rings (SSSR count). The topological polar surface area (TPSA) is 46.6 Å². The number of ether oxygens (including phenoxy) is 1. The summed E-state index contributed by atoms with van der Waals surface area (Å²) >= 11 is 0. The molecule has 1 aliphatic heterocycles. The highest BCUT2D eigenvalue weighted by Crippen LogP contribution is 2.26. The fourth-order valence-corrected chi connectivity index (χ4v) is 1.80. The fourth-order valence-electron chi connectivity index (χ4n) is 1.80. The van der Waals surface area contributed by atoms with Gasteiger partial charge in [0.25, 0.3) is 0 Å². The van der Waals surface area contributed by atoms with Crippen LogP contribution in [0.15, 0.2) is 0 Å². The summed E-state index contributed by atoms with van der Waals surface area (Å²) in [6.07, 6.45) is 1.57. The van der Waals surface area contributed by atoms with Gasteiger partial charge in [-0.25, -0.2) is 4.79 Å². The predicted molar refractivity (Wildman–Crippen MR) is 61.1 cm³/mol. The van der Waals surface area contributed by atoms with E-state index in [-0.39, 0.29) is 12.0 Å². The monoisotopic (exact) mass is 227 g/mol. The van der Waals surface area contributed by atoms with E-state index in [0.29, 0.717) is 19.0 Å². The van der Waals surface area contributed by atoms with Crippen LogP contribution in [0.1, 0.15) is 34.1 Å². The second-order valence-electron chi connectivity index (χ2n) is 5.35. The van der Waals surface area contributed by atoms with Crippen molar-refractivity contribution in [1.82, 2.24) is 4.90 Å². The summed E-state index contributed by atoms with van der Waals surface area (Å²) in [5.74, 6) is 0.397. The molecule has 1 unspecified atom stereocenters. The van der Waals surface area contributed by atoms with Crippen molar-refractivity contribution in [3.8, 4) is 0 Å². The summed E-state index contributed by atoms with van der Waals surface area (Å²) in [6, 6.07) is 0. The van der Waals surface area contributed by atoms with Crippen molar-refractivity contribution in [2.45, 2.75) is 39.7 Å². The molecule has 0 aromatic carbocycles. The maximum atomic E-state index is 11.6. The molecule has 0 bridgehead atoms. The van der Waals surface area contributed by atoms with Gasteiger partial charge in [0.2, 0.25) is 0 Å². The molecule has 1 saturated heterocycles. The Morgan fingerprint density at radius 3 is 2.44 bits per heavy atom. The Balaban J connectivity index is 2.35. The highest BCUT2D eigenvalue weighted by atomic mass is 16.6. The predicted octanol–water partition coefficient (Wildman–Crippen LogP) is 2.08. The Kier molecular flexibility index (Phi) is 3.94. The van der Waals surface area contributed by atoms with E-state index in [4.69, 9.17) is 4.74 Å². The van der Waals surface area contributed by atoms with Crippen LogP contribution in [0.2, 0.25) is 0 Å². The normalized spacial score (nSPS) is 18.9. The molecule has 4 nitrogen and oxygen atoms in total. The molecule has 1 heterocycles. The van der Waals surface area contributed by atoms with E-state index in [9.17, 15) is 9.59 Å². The van der Waals surface area contributed by atoms with Gasteiger partial charge < -0.3 is 14.4 Å². The number of rotatable bonds is 3. The van der Waals surface area contributed by atoms with Crippen LogP contribution in [-0.4, -0.2) is 36.0 Å². The average molecular weight is 227 g/mol. The molecule has 1 aliphatic rings. The lowest BCUT2D eigenvalue weighted by Gasteiger charge is -2.41. The van der Waals surface area contributed by atoms with Crippen molar-refractivity contribution in [1.29, 1.82) is 0 Å². The maximum Gasteiger partial charge on any atom is 0.410 e. The molecule has 0 aliphatic carbocycles.